The van der Waals surface area contributed by atoms with Gasteiger partial charge in [0, 0.05) is 28.7 Å². The smallest absolute Gasteiger partial charge is 0.323 e. The van der Waals surface area contributed by atoms with Gasteiger partial charge in [-0.3, -0.25) is 9.59 Å². The average Bonchev–Trinajstić information content (AvgIpc) is 2.83. The molecule has 0 bridgehead atoms. The molecule has 10 heteroatoms. The normalized spacial score (nSPS) is 10.8. The Hall–Kier alpha value is -4.65. The van der Waals surface area contributed by atoms with E-state index in [0.717, 1.165) is 0 Å². The van der Waals surface area contributed by atoms with Crippen molar-refractivity contribution in [3.63, 3.8) is 0 Å². The first-order valence-electron chi connectivity index (χ1n) is 10.8. The minimum Gasteiger partial charge on any atom is -0.505 e. The van der Waals surface area contributed by atoms with Crippen LogP contribution in [0.5, 0.6) is 5.75 Å². The number of aromatic nitrogens is 1. The van der Waals surface area contributed by atoms with Gasteiger partial charge in [-0.2, -0.15) is 5.26 Å². The van der Waals surface area contributed by atoms with Gasteiger partial charge in [-0.15, -0.1) is 0 Å². The van der Waals surface area contributed by atoms with Crippen LogP contribution in [0.1, 0.15) is 37.0 Å². The Balaban J connectivity index is 1.83. The van der Waals surface area contributed by atoms with E-state index in [2.05, 4.69) is 20.9 Å². The Bertz CT molecular complexity index is 1320. The number of aromatic hydroxyl groups is 1. The van der Waals surface area contributed by atoms with Crippen molar-refractivity contribution in [1.29, 1.82) is 5.26 Å². The Morgan fingerprint density at radius 2 is 1.74 bits per heavy atom. The van der Waals surface area contributed by atoms with Crippen LogP contribution in [0.15, 0.2) is 48.5 Å². The number of pyridine rings is 1. The molecule has 0 aliphatic rings. The van der Waals surface area contributed by atoms with E-state index in [0.29, 0.717) is 11.4 Å². The molecule has 1 aromatic heterocycles. The molecule has 10 nitrogen and oxygen atoms in total. The maximum atomic E-state index is 12.7. The summed E-state index contributed by atoms with van der Waals surface area (Å²) in [5, 5.41) is 28.7. The third kappa shape index (κ3) is 5.83. The molecular weight excluding hydrogens is 450 g/mol. The fourth-order valence-corrected chi connectivity index (χ4v) is 3.22. The van der Waals surface area contributed by atoms with Crippen molar-refractivity contribution in [2.24, 2.45) is 5.41 Å². The van der Waals surface area contributed by atoms with Gasteiger partial charge < -0.3 is 25.8 Å². The predicted molar refractivity (Wildman–Crippen MR) is 130 cm³/mol. The van der Waals surface area contributed by atoms with Gasteiger partial charge in [-0.1, -0.05) is 18.2 Å². The van der Waals surface area contributed by atoms with Crippen LogP contribution in [0.3, 0.4) is 0 Å². The molecule has 0 spiro atoms. The zero-order valence-corrected chi connectivity index (χ0v) is 19.5. The fourth-order valence-electron chi connectivity index (χ4n) is 3.22. The number of hydrogen-bond donors (Lipinski definition) is 4. The molecule has 0 fully saturated rings. The number of amides is 3. The summed E-state index contributed by atoms with van der Waals surface area (Å²) in [6.45, 7) is 5.05. The second-order valence-electron chi connectivity index (χ2n) is 8.26. The summed E-state index contributed by atoms with van der Waals surface area (Å²) in [7, 11) is 0. The lowest BCUT2D eigenvalue weighted by Crippen LogP contribution is -2.40. The third-order valence-corrected chi connectivity index (χ3v) is 5.11. The highest BCUT2D eigenvalue weighted by Crippen LogP contribution is 2.31. The minimum atomic E-state index is -1.00. The molecule has 3 rings (SSSR count). The summed E-state index contributed by atoms with van der Waals surface area (Å²) in [5.74, 6) is -1.65. The molecule has 3 aromatic rings. The summed E-state index contributed by atoms with van der Waals surface area (Å²) in [6.07, 6.45) is 0. The standard InChI is InChI=1S/C25H25N5O5/c1-4-35-23(33)25(2,3)14-27-22(32)20-21(31)17-11-10-16(12-18(17)19(13-26)30-20)29-24(34)28-15-8-6-5-7-9-15/h5-12,31H,4,14H2,1-3H3,(H,27,32)(H2,28,29,34). The van der Waals surface area contributed by atoms with Gasteiger partial charge in [0.15, 0.2) is 11.4 Å². The second kappa shape index (κ2) is 10.5. The molecule has 0 aliphatic carbocycles. The van der Waals surface area contributed by atoms with Crippen molar-refractivity contribution in [1.82, 2.24) is 10.3 Å². The molecule has 0 saturated heterocycles. The van der Waals surface area contributed by atoms with E-state index >= 15 is 0 Å². The average molecular weight is 476 g/mol. The maximum Gasteiger partial charge on any atom is 0.323 e. The number of nitriles is 1. The first-order valence-corrected chi connectivity index (χ1v) is 10.8. The largest absolute Gasteiger partial charge is 0.505 e. The van der Waals surface area contributed by atoms with Crippen LogP contribution in [-0.2, 0) is 9.53 Å². The molecule has 3 amide bonds. The highest BCUT2D eigenvalue weighted by atomic mass is 16.5. The van der Waals surface area contributed by atoms with Crippen LogP contribution in [0, 0.1) is 16.7 Å². The highest BCUT2D eigenvalue weighted by Gasteiger charge is 2.30. The lowest BCUT2D eigenvalue weighted by Gasteiger charge is -2.22. The number of para-hydroxylation sites is 1. The van der Waals surface area contributed by atoms with E-state index in [-0.39, 0.29) is 35.3 Å². The number of nitrogens with one attached hydrogen (secondary N) is 3. The summed E-state index contributed by atoms with van der Waals surface area (Å²) >= 11 is 0. The van der Waals surface area contributed by atoms with E-state index in [9.17, 15) is 24.8 Å². The number of benzene rings is 2. The lowest BCUT2D eigenvalue weighted by molar-refractivity contribution is -0.153. The molecular formula is C25H25N5O5. The number of urea groups is 1. The van der Waals surface area contributed by atoms with Crippen molar-refractivity contribution >= 4 is 40.1 Å². The van der Waals surface area contributed by atoms with E-state index in [4.69, 9.17) is 4.74 Å². The van der Waals surface area contributed by atoms with Gasteiger partial charge in [0.25, 0.3) is 5.91 Å². The molecule has 0 unspecified atom stereocenters. The van der Waals surface area contributed by atoms with Gasteiger partial charge in [0.2, 0.25) is 0 Å². The predicted octanol–water partition coefficient (Wildman–Crippen LogP) is 3.78. The highest BCUT2D eigenvalue weighted by molar-refractivity contribution is 6.05. The lowest BCUT2D eigenvalue weighted by atomic mass is 9.93. The monoisotopic (exact) mass is 475 g/mol. The topological polar surface area (TPSA) is 153 Å². The minimum absolute atomic E-state index is 0.0644. The summed E-state index contributed by atoms with van der Waals surface area (Å²) in [5.41, 5.74) is -0.505. The molecule has 0 atom stereocenters. The zero-order valence-electron chi connectivity index (χ0n) is 19.5. The van der Waals surface area contributed by atoms with Crippen molar-refractivity contribution in [3.8, 4) is 11.8 Å². The zero-order chi connectivity index (χ0) is 25.6. The number of anilines is 2. The maximum absolute atomic E-state index is 12.7. The summed E-state index contributed by atoms with van der Waals surface area (Å²) in [6, 6.07) is 14.8. The van der Waals surface area contributed by atoms with Crippen molar-refractivity contribution in [2.45, 2.75) is 20.8 Å². The molecule has 0 radical (unpaired) electrons. The van der Waals surface area contributed by atoms with Gasteiger partial charge in [-0.25, -0.2) is 9.78 Å². The van der Waals surface area contributed by atoms with Crippen molar-refractivity contribution in [3.05, 3.63) is 59.9 Å². The van der Waals surface area contributed by atoms with E-state index in [1.165, 1.54) is 18.2 Å². The Kier molecular flexibility index (Phi) is 7.51. The van der Waals surface area contributed by atoms with E-state index in [1.54, 1.807) is 45.0 Å². The molecule has 1 heterocycles. The van der Waals surface area contributed by atoms with Crippen molar-refractivity contribution in [2.75, 3.05) is 23.8 Å². The van der Waals surface area contributed by atoms with Crippen LogP contribution < -0.4 is 16.0 Å². The Morgan fingerprint density at radius 1 is 1.06 bits per heavy atom. The number of esters is 1. The summed E-state index contributed by atoms with van der Waals surface area (Å²) in [4.78, 5) is 41.1. The van der Waals surface area contributed by atoms with Crippen molar-refractivity contribution < 1.29 is 24.2 Å². The third-order valence-electron chi connectivity index (χ3n) is 5.11. The first kappa shape index (κ1) is 25.0. The Morgan fingerprint density at radius 3 is 2.40 bits per heavy atom. The SMILES string of the molecule is CCOC(=O)C(C)(C)CNC(=O)c1nc(C#N)c2cc(NC(=O)Nc3ccccc3)ccc2c1O. The number of carbonyl (C=O) groups is 3. The van der Waals surface area contributed by atoms with Gasteiger partial charge >= 0.3 is 12.0 Å². The van der Waals surface area contributed by atoms with Crippen LogP contribution in [0.2, 0.25) is 0 Å². The number of carbonyl (C=O) groups excluding carboxylic acids is 3. The molecule has 0 saturated carbocycles. The number of rotatable bonds is 7. The number of ether oxygens (including phenoxy) is 1. The summed E-state index contributed by atoms with van der Waals surface area (Å²) < 4.78 is 5.00. The molecule has 0 aliphatic heterocycles. The molecule has 2 aromatic carbocycles. The van der Waals surface area contributed by atoms with Crippen LogP contribution in [-0.4, -0.2) is 41.1 Å². The van der Waals surface area contributed by atoms with E-state index in [1.807, 2.05) is 12.1 Å². The molecule has 35 heavy (non-hydrogen) atoms. The number of fused-ring (bicyclic) bond motifs is 1. The van der Waals surface area contributed by atoms with Crippen LogP contribution in [0.4, 0.5) is 16.2 Å². The second-order valence-corrected chi connectivity index (χ2v) is 8.26. The number of nitrogens with zero attached hydrogens (tertiary/aromatic N) is 2. The first-order chi connectivity index (χ1) is 16.7. The van der Waals surface area contributed by atoms with Gasteiger partial charge in [0.1, 0.15) is 11.8 Å². The molecule has 4 N–H and O–H groups in total. The Labute approximate surface area is 201 Å². The quantitative estimate of drug-likeness (QED) is 0.379. The van der Waals surface area contributed by atoms with Crippen LogP contribution in [0.25, 0.3) is 10.8 Å². The number of hydrogen-bond acceptors (Lipinski definition) is 7. The fraction of sp³-hybridized carbons (Fsp3) is 0.240. The molecule has 180 valence electrons. The van der Waals surface area contributed by atoms with Gasteiger partial charge in [0.05, 0.1) is 12.0 Å². The van der Waals surface area contributed by atoms with Gasteiger partial charge in [-0.05, 0) is 51.1 Å². The van der Waals surface area contributed by atoms with E-state index < -0.39 is 29.1 Å². The van der Waals surface area contributed by atoms with Crippen LogP contribution >= 0.6 is 0 Å².